The van der Waals surface area contributed by atoms with E-state index >= 15 is 0 Å². The number of aryl methyl sites for hydroxylation is 1. The summed E-state index contributed by atoms with van der Waals surface area (Å²) < 4.78 is 10.8. The molecule has 0 spiro atoms. The van der Waals surface area contributed by atoms with Gasteiger partial charge < -0.3 is 14.6 Å². The van der Waals surface area contributed by atoms with E-state index in [9.17, 15) is 4.79 Å². The lowest BCUT2D eigenvalue weighted by Crippen LogP contribution is -2.12. The number of benzene rings is 1. The van der Waals surface area contributed by atoms with Gasteiger partial charge in [-0.05, 0) is 42.8 Å². The van der Waals surface area contributed by atoms with Gasteiger partial charge in [0.05, 0.1) is 12.3 Å². The zero-order valence-electron chi connectivity index (χ0n) is 16.9. The van der Waals surface area contributed by atoms with Crippen LogP contribution in [-0.2, 0) is 11.2 Å². The highest BCUT2D eigenvalue weighted by Crippen LogP contribution is 2.26. The van der Waals surface area contributed by atoms with Gasteiger partial charge in [0.2, 0.25) is 17.6 Å². The molecular formula is C22H21N5O3S. The Bertz CT molecular complexity index is 1130. The lowest BCUT2D eigenvalue weighted by molar-refractivity contribution is -0.116. The second-order valence-corrected chi connectivity index (χ2v) is 7.54. The summed E-state index contributed by atoms with van der Waals surface area (Å²) in [5.74, 6) is 1.47. The molecule has 0 aliphatic carbocycles. The molecule has 0 atom stereocenters. The zero-order valence-corrected chi connectivity index (χ0v) is 17.8. The van der Waals surface area contributed by atoms with E-state index < -0.39 is 0 Å². The highest BCUT2D eigenvalue weighted by atomic mass is 32.1. The van der Waals surface area contributed by atoms with Crippen LogP contribution in [0.3, 0.4) is 0 Å². The number of nitrogens with one attached hydrogen (secondary N) is 1. The molecule has 31 heavy (non-hydrogen) atoms. The second-order valence-electron chi connectivity index (χ2n) is 6.69. The van der Waals surface area contributed by atoms with E-state index in [1.807, 2.05) is 41.8 Å². The molecule has 0 saturated carbocycles. The first-order valence-electron chi connectivity index (χ1n) is 9.94. The van der Waals surface area contributed by atoms with Crippen molar-refractivity contribution in [3.05, 3.63) is 59.9 Å². The number of carbonyl (C=O) groups excluding carboxylic acids is 1. The van der Waals surface area contributed by atoms with Crippen LogP contribution in [0.4, 0.5) is 5.13 Å². The summed E-state index contributed by atoms with van der Waals surface area (Å²) in [6.07, 6.45) is 3.18. The molecule has 0 saturated heterocycles. The summed E-state index contributed by atoms with van der Waals surface area (Å²) in [6.45, 7) is 2.77. The van der Waals surface area contributed by atoms with Crippen molar-refractivity contribution >= 4 is 22.4 Å². The Labute approximate surface area is 183 Å². The molecule has 0 bridgehead atoms. The van der Waals surface area contributed by atoms with Gasteiger partial charge in [0.25, 0.3) is 0 Å². The molecular weight excluding hydrogens is 414 g/mol. The quantitative estimate of drug-likeness (QED) is 0.409. The van der Waals surface area contributed by atoms with E-state index in [1.165, 1.54) is 11.3 Å². The first-order chi connectivity index (χ1) is 15.2. The number of hydrogen-bond donors (Lipinski definition) is 1. The molecule has 8 nitrogen and oxygen atoms in total. The summed E-state index contributed by atoms with van der Waals surface area (Å²) in [7, 11) is 0. The van der Waals surface area contributed by atoms with Crippen molar-refractivity contribution in [2.75, 3.05) is 11.9 Å². The van der Waals surface area contributed by atoms with Crippen molar-refractivity contribution in [3.63, 3.8) is 0 Å². The number of hydrogen-bond acceptors (Lipinski definition) is 8. The van der Waals surface area contributed by atoms with Crippen LogP contribution in [0.15, 0.2) is 58.6 Å². The second kappa shape index (κ2) is 9.94. The van der Waals surface area contributed by atoms with Crippen molar-refractivity contribution in [1.82, 2.24) is 20.1 Å². The van der Waals surface area contributed by atoms with Crippen molar-refractivity contribution in [2.24, 2.45) is 0 Å². The number of carbonyl (C=O) groups is 1. The van der Waals surface area contributed by atoms with Crippen LogP contribution in [0.1, 0.15) is 25.7 Å². The Morgan fingerprint density at radius 1 is 1.13 bits per heavy atom. The number of ether oxygens (including phenoxy) is 1. The first-order valence-corrected chi connectivity index (χ1v) is 10.8. The lowest BCUT2D eigenvalue weighted by Gasteiger charge is -2.04. The van der Waals surface area contributed by atoms with Gasteiger partial charge in [0.15, 0.2) is 5.13 Å². The predicted molar refractivity (Wildman–Crippen MR) is 118 cm³/mol. The van der Waals surface area contributed by atoms with Gasteiger partial charge in [0.1, 0.15) is 11.4 Å². The monoisotopic (exact) mass is 435 g/mol. The van der Waals surface area contributed by atoms with Crippen molar-refractivity contribution in [1.29, 1.82) is 0 Å². The molecule has 1 aromatic carbocycles. The average molecular weight is 436 g/mol. The molecule has 1 amide bonds. The Hall–Kier alpha value is -3.59. The van der Waals surface area contributed by atoms with E-state index in [1.54, 1.807) is 12.3 Å². The summed E-state index contributed by atoms with van der Waals surface area (Å²) in [4.78, 5) is 25.3. The summed E-state index contributed by atoms with van der Waals surface area (Å²) >= 11 is 1.38. The lowest BCUT2D eigenvalue weighted by atomic mass is 10.2. The van der Waals surface area contributed by atoms with Gasteiger partial charge in [-0.3, -0.25) is 9.78 Å². The van der Waals surface area contributed by atoms with Crippen LogP contribution in [0.25, 0.3) is 22.8 Å². The molecule has 1 N–H and O–H groups in total. The van der Waals surface area contributed by atoms with E-state index in [0.717, 1.165) is 23.4 Å². The number of pyridine rings is 1. The summed E-state index contributed by atoms with van der Waals surface area (Å²) in [5, 5.41) is 9.19. The van der Waals surface area contributed by atoms with E-state index in [0.29, 0.717) is 35.6 Å². The molecule has 0 radical (unpaired) electrons. The average Bonchev–Trinajstić information content (AvgIpc) is 3.47. The molecule has 0 aliphatic heterocycles. The van der Waals surface area contributed by atoms with Crippen molar-refractivity contribution in [2.45, 2.75) is 26.2 Å². The maximum absolute atomic E-state index is 12.3. The fourth-order valence-electron chi connectivity index (χ4n) is 2.76. The van der Waals surface area contributed by atoms with Crippen LogP contribution in [0.5, 0.6) is 5.75 Å². The van der Waals surface area contributed by atoms with Crippen LogP contribution in [0.2, 0.25) is 0 Å². The largest absolute Gasteiger partial charge is 0.494 e. The maximum Gasteiger partial charge on any atom is 0.227 e. The maximum atomic E-state index is 12.3. The fourth-order valence-corrected chi connectivity index (χ4v) is 3.50. The third kappa shape index (κ3) is 5.52. The van der Waals surface area contributed by atoms with Crippen LogP contribution in [-0.4, -0.2) is 32.6 Å². The Morgan fingerprint density at radius 3 is 2.77 bits per heavy atom. The van der Waals surface area contributed by atoms with E-state index in [4.69, 9.17) is 9.26 Å². The highest BCUT2D eigenvalue weighted by Gasteiger charge is 2.13. The van der Waals surface area contributed by atoms with E-state index in [2.05, 4.69) is 32.3 Å². The number of thiazole rings is 1. The predicted octanol–water partition coefficient (Wildman–Crippen LogP) is 4.62. The molecule has 4 rings (SSSR count). The van der Waals surface area contributed by atoms with Gasteiger partial charge in [0, 0.05) is 30.0 Å². The SMILES string of the molecule is CCCOc1ccc(-c2csc(NC(=O)CCc3nc(-c4ccccn4)no3)n2)cc1. The first kappa shape index (κ1) is 20.7. The topological polar surface area (TPSA) is 103 Å². The minimum Gasteiger partial charge on any atom is -0.494 e. The third-order valence-corrected chi connectivity index (χ3v) is 5.06. The Morgan fingerprint density at radius 2 is 2.00 bits per heavy atom. The standard InChI is InChI=1S/C22H21N5O3S/c1-2-13-29-16-8-6-15(7-9-16)18-14-31-22(24-18)25-19(28)10-11-20-26-21(27-30-20)17-5-3-4-12-23-17/h3-9,12,14H,2,10-11,13H2,1H3,(H,24,25,28). The molecule has 0 fully saturated rings. The van der Waals surface area contributed by atoms with Crippen LogP contribution < -0.4 is 10.1 Å². The summed E-state index contributed by atoms with van der Waals surface area (Å²) in [6, 6.07) is 13.2. The van der Waals surface area contributed by atoms with Gasteiger partial charge in [-0.15, -0.1) is 11.3 Å². The van der Waals surface area contributed by atoms with Crippen LogP contribution in [0, 0.1) is 0 Å². The molecule has 4 aromatic rings. The van der Waals surface area contributed by atoms with Crippen molar-refractivity contribution in [3.8, 4) is 28.5 Å². The summed E-state index contributed by atoms with van der Waals surface area (Å²) in [5.41, 5.74) is 2.40. The minimum atomic E-state index is -0.165. The smallest absolute Gasteiger partial charge is 0.227 e. The Balaban J connectivity index is 1.30. The van der Waals surface area contributed by atoms with Crippen LogP contribution >= 0.6 is 11.3 Å². The fraction of sp³-hybridized carbons (Fsp3) is 0.227. The molecule has 158 valence electrons. The molecule has 0 unspecified atom stereocenters. The number of aromatic nitrogens is 4. The number of rotatable bonds is 9. The molecule has 9 heteroatoms. The van der Waals surface area contributed by atoms with E-state index in [-0.39, 0.29) is 12.3 Å². The molecule has 3 heterocycles. The minimum absolute atomic E-state index is 0.165. The van der Waals surface area contributed by atoms with Crippen molar-refractivity contribution < 1.29 is 14.1 Å². The Kier molecular flexibility index (Phi) is 6.63. The van der Waals surface area contributed by atoms with Gasteiger partial charge >= 0.3 is 0 Å². The molecule has 0 aliphatic rings. The highest BCUT2D eigenvalue weighted by molar-refractivity contribution is 7.14. The van der Waals surface area contributed by atoms with Gasteiger partial charge in [-0.2, -0.15) is 4.98 Å². The molecule has 3 aromatic heterocycles. The van der Waals surface area contributed by atoms with Gasteiger partial charge in [-0.1, -0.05) is 18.1 Å². The third-order valence-electron chi connectivity index (χ3n) is 4.30. The van der Waals surface area contributed by atoms with Gasteiger partial charge in [-0.25, -0.2) is 4.98 Å². The number of nitrogens with zero attached hydrogens (tertiary/aromatic N) is 4. The zero-order chi connectivity index (χ0) is 21.5. The number of anilines is 1. The number of amides is 1. The normalized spacial score (nSPS) is 10.7.